The largest absolute Gasteiger partial charge is 0.481 e. The van der Waals surface area contributed by atoms with E-state index in [-0.39, 0.29) is 42.9 Å². The van der Waals surface area contributed by atoms with Crippen molar-refractivity contribution in [2.75, 3.05) is 0 Å². The van der Waals surface area contributed by atoms with Crippen LogP contribution in [0.4, 0.5) is 0 Å². The molecule has 14 nitrogen and oxygen atoms in total. The molecule has 1 aliphatic carbocycles. The first-order valence-corrected chi connectivity index (χ1v) is 17.2. The lowest BCUT2D eigenvalue weighted by Crippen LogP contribution is -2.55. The minimum absolute atomic E-state index is 0.0358. The second-order valence-electron chi connectivity index (χ2n) is 13.4. The number of esters is 1. The Kier molecular flexibility index (Phi) is 13.4. The zero-order chi connectivity index (χ0) is 37.9. The second-order valence-corrected chi connectivity index (χ2v) is 13.4. The number of hydrogen-bond donors (Lipinski definition) is 6. The summed E-state index contributed by atoms with van der Waals surface area (Å²) in [6.07, 6.45) is 0.958. The monoisotopic (exact) mass is 716 g/mol. The van der Waals surface area contributed by atoms with E-state index >= 15 is 0 Å². The molecule has 1 aliphatic rings. The van der Waals surface area contributed by atoms with Crippen LogP contribution in [-0.2, 0) is 40.0 Å². The maximum atomic E-state index is 14.0. The highest BCUT2D eigenvalue weighted by Gasteiger charge is 2.38. The van der Waals surface area contributed by atoms with Gasteiger partial charge in [0, 0.05) is 0 Å². The third-order valence-corrected chi connectivity index (χ3v) is 8.99. The summed E-state index contributed by atoms with van der Waals surface area (Å²) in [6, 6.07) is 14.5. The van der Waals surface area contributed by atoms with Gasteiger partial charge in [-0.1, -0.05) is 81.3 Å². The number of carboxylic acids is 2. The summed E-state index contributed by atoms with van der Waals surface area (Å²) in [5, 5.41) is 28.6. The molecule has 4 rings (SSSR count). The van der Waals surface area contributed by atoms with Gasteiger partial charge in [-0.3, -0.25) is 33.6 Å². The minimum Gasteiger partial charge on any atom is -0.481 e. The zero-order valence-electron chi connectivity index (χ0n) is 29.0. The first-order valence-electron chi connectivity index (χ1n) is 17.2. The van der Waals surface area contributed by atoms with Crippen LogP contribution in [0, 0.1) is 17.8 Å². The molecule has 14 heteroatoms. The van der Waals surface area contributed by atoms with Crippen LogP contribution >= 0.6 is 0 Å². The summed E-state index contributed by atoms with van der Waals surface area (Å²) in [6.45, 7) is 3.59. The number of hydrogen-bond acceptors (Lipinski definition) is 8. The van der Waals surface area contributed by atoms with Crippen molar-refractivity contribution >= 4 is 52.3 Å². The average molecular weight is 717 g/mol. The standard InChI is InChI=1S/C38H44N4O10/c1-21(2)17-29(34(39)46)40-36(48)30(20-31(43)44)41-37(49)33(42-35(47)27-15-5-6-16-28(27)38(50)51)24-12-8-13-25(18-24)52-32(45)19-23-11-7-10-22-9-3-4-14-26(22)23/h3-4,7-14,18,21,27-30,33H,5-6,15-17,19-20H2,1-2H3,(H2,39,46)(H,40,48)(H,41,49)(H,42,47)(H,43,44)(H,50,51)/t27?,28-,29+,30?,33?/m1/s1. The SMILES string of the molecule is CC(C)C[C@H](NC(=O)C(CC(=O)O)NC(=O)C(NC(=O)C1CCCC[C@H]1C(=O)O)c1cccc(OC(=O)Cc2cccc3ccccc23)c1)C(N)=O. The maximum Gasteiger partial charge on any atom is 0.315 e. The van der Waals surface area contributed by atoms with Crippen molar-refractivity contribution in [3.63, 3.8) is 0 Å². The van der Waals surface area contributed by atoms with E-state index in [1.807, 2.05) is 42.5 Å². The van der Waals surface area contributed by atoms with Gasteiger partial charge in [0.05, 0.1) is 24.7 Å². The highest BCUT2D eigenvalue weighted by molar-refractivity contribution is 5.97. The van der Waals surface area contributed by atoms with Gasteiger partial charge < -0.3 is 36.6 Å². The summed E-state index contributed by atoms with van der Waals surface area (Å²) in [5.41, 5.74) is 6.29. The number of fused-ring (bicyclic) bond motifs is 1. The smallest absolute Gasteiger partial charge is 0.315 e. The molecule has 0 bridgehead atoms. The van der Waals surface area contributed by atoms with Crippen LogP contribution in [0.15, 0.2) is 66.7 Å². The van der Waals surface area contributed by atoms with E-state index in [2.05, 4.69) is 16.0 Å². The van der Waals surface area contributed by atoms with Crippen LogP contribution in [0.5, 0.6) is 5.75 Å². The number of carbonyl (C=O) groups excluding carboxylic acids is 5. The minimum atomic E-state index is -1.69. The lowest BCUT2D eigenvalue weighted by Gasteiger charge is -2.30. The maximum absolute atomic E-state index is 14.0. The Morgan fingerprint density at radius 3 is 2.13 bits per heavy atom. The molecule has 4 amide bonds. The molecule has 0 aromatic heterocycles. The number of nitrogens with one attached hydrogen (secondary N) is 3. The highest BCUT2D eigenvalue weighted by atomic mass is 16.5. The molecule has 52 heavy (non-hydrogen) atoms. The number of amides is 4. The third kappa shape index (κ3) is 10.6. The number of carboxylic acid groups (broad SMARTS) is 2. The predicted molar refractivity (Wildman–Crippen MR) is 188 cm³/mol. The van der Waals surface area contributed by atoms with Gasteiger partial charge in [-0.25, -0.2) is 0 Å². The van der Waals surface area contributed by atoms with Crippen molar-refractivity contribution in [1.82, 2.24) is 16.0 Å². The van der Waals surface area contributed by atoms with Crippen molar-refractivity contribution < 1.29 is 48.5 Å². The molecular formula is C38H44N4O10. The predicted octanol–water partition coefficient (Wildman–Crippen LogP) is 3.01. The molecule has 0 aliphatic heterocycles. The first-order chi connectivity index (χ1) is 24.7. The Labute approximate surface area is 300 Å². The summed E-state index contributed by atoms with van der Waals surface area (Å²) in [4.78, 5) is 89.7. The fraction of sp³-hybridized carbons (Fsp3) is 0.395. The molecule has 5 atom stereocenters. The third-order valence-electron chi connectivity index (χ3n) is 8.99. The Morgan fingerprint density at radius 1 is 0.808 bits per heavy atom. The van der Waals surface area contributed by atoms with E-state index in [1.165, 1.54) is 24.3 Å². The number of rotatable bonds is 16. The second kappa shape index (κ2) is 17.9. The number of primary amides is 1. The average Bonchev–Trinajstić information content (AvgIpc) is 3.09. The van der Waals surface area contributed by atoms with E-state index in [9.17, 15) is 43.8 Å². The van der Waals surface area contributed by atoms with Gasteiger partial charge in [0.15, 0.2) is 0 Å². The van der Waals surface area contributed by atoms with E-state index in [4.69, 9.17) is 10.5 Å². The molecule has 0 saturated heterocycles. The van der Waals surface area contributed by atoms with Gasteiger partial charge in [0.1, 0.15) is 23.9 Å². The molecule has 0 radical (unpaired) electrons. The van der Waals surface area contributed by atoms with Gasteiger partial charge in [-0.15, -0.1) is 0 Å². The fourth-order valence-corrected chi connectivity index (χ4v) is 6.45. The lowest BCUT2D eigenvalue weighted by atomic mass is 9.78. The molecule has 3 aromatic rings. The molecule has 0 heterocycles. The van der Waals surface area contributed by atoms with Crippen molar-refractivity contribution in [1.29, 1.82) is 0 Å². The molecule has 1 fully saturated rings. The van der Waals surface area contributed by atoms with Crippen molar-refractivity contribution in [3.8, 4) is 5.75 Å². The van der Waals surface area contributed by atoms with Crippen molar-refractivity contribution in [3.05, 3.63) is 77.9 Å². The van der Waals surface area contributed by atoms with Crippen LogP contribution in [-0.4, -0.2) is 63.8 Å². The molecular weight excluding hydrogens is 672 g/mol. The van der Waals surface area contributed by atoms with Gasteiger partial charge in [0.2, 0.25) is 23.6 Å². The van der Waals surface area contributed by atoms with Crippen molar-refractivity contribution in [2.45, 2.75) is 76.9 Å². The summed E-state index contributed by atoms with van der Waals surface area (Å²) >= 11 is 0. The summed E-state index contributed by atoms with van der Waals surface area (Å²) in [5.74, 6) is -8.73. The van der Waals surface area contributed by atoms with E-state index < -0.39 is 77.9 Å². The molecule has 276 valence electrons. The fourth-order valence-electron chi connectivity index (χ4n) is 6.45. The van der Waals surface area contributed by atoms with Crippen molar-refractivity contribution in [2.24, 2.45) is 23.5 Å². The zero-order valence-corrected chi connectivity index (χ0v) is 29.0. The topological polar surface area (TPSA) is 231 Å². The van der Waals surface area contributed by atoms with Crippen LogP contribution in [0.3, 0.4) is 0 Å². The molecule has 0 spiro atoms. The van der Waals surface area contributed by atoms with Crippen LogP contribution in [0.1, 0.15) is 69.5 Å². The van der Waals surface area contributed by atoms with E-state index in [0.717, 1.165) is 16.3 Å². The summed E-state index contributed by atoms with van der Waals surface area (Å²) in [7, 11) is 0. The normalized spacial score (nSPS) is 17.3. The van der Waals surface area contributed by atoms with Crippen LogP contribution in [0.2, 0.25) is 0 Å². The lowest BCUT2D eigenvalue weighted by molar-refractivity contribution is -0.149. The number of carbonyl (C=O) groups is 7. The number of benzene rings is 3. The Bertz CT molecular complexity index is 1820. The Balaban J connectivity index is 1.62. The highest BCUT2D eigenvalue weighted by Crippen LogP contribution is 2.32. The molecule has 1 saturated carbocycles. The quantitative estimate of drug-likeness (QED) is 0.0937. The number of aliphatic carboxylic acids is 2. The van der Waals surface area contributed by atoms with Crippen LogP contribution in [0.25, 0.3) is 10.8 Å². The van der Waals surface area contributed by atoms with Gasteiger partial charge in [-0.2, -0.15) is 0 Å². The van der Waals surface area contributed by atoms with Gasteiger partial charge in [-0.05, 0) is 59.2 Å². The van der Waals surface area contributed by atoms with E-state index in [0.29, 0.717) is 12.8 Å². The van der Waals surface area contributed by atoms with E-state index in [1.54, 1.807) is 13.8 Å². The first kappa shape index (κ1) is 39.0. The van der Waals surface area contributed by atoms with Gasteiger partial charge in [0.25, 0.3) is 0 Å². The Morgan fingerprint density at radius 2 is 1.46 bits per heavy atom. The molecule has 3 unspecified atom stereocenters. The van der Waals surface area contributed by atoms with Crippen LogP contribution < -0.4 is 26.4 Å². The number of ether oxygens (including phenoxy) is 1. The number of nitrogens with two attached hydrogens (primary N) is 1. The summed E-state index contributed by atoms with van der Waals surface area (Å²) < 4.78 is 5.63. The molecule has 7 N–H and O–H groups in total. The molecule has 3 aromatic carbocycles. The van der Waals surface area contributed by atoms with Gasteiger partial charge >= 0.3 is 17.9 Å². The Hall–Kier alpha value is -5.79.